The van der Waals surface area contributed by atoms with Crippen LogP contribution in [0.15, 0.2) is 42.5 Å². The molecule has 0 radical (unpaired) electrons. The van der Waals surface area contributed by atoms with E-state index in [1.54, 1.807) is 6.07 Å². The topological polar surface area (TPSA) is 188 Å². The molecule has 8 N–H and O–H groups in total. The molecule has 10 heteroatoms. The van der Waals surface area contributed by atoms with Crippen LogP contribution in [0.5, 0.6) is 23.0 Å². The van der Waals surface area contributed by atoms with Gasteiger partial charge in [-0.05, 0) is 54.3 Å². The molecule has 1 heterocycles. The first-order chi connectivity index (χ1) is 15.6. The van der Waals surface area contributed by atoms with Crippen molar-refractivity contribution in [3.05, 3.63) is 53.6 Å². The van der Waals surface area contributed by atoms with Crippen molar-refractivity contribution in [3.63, 3.8) is 0 Å². The highest BCUT2D eigenvalue weighted by atomic mass is 16.5. The average molecular weight is 462 g/mol. The van der Waals surface area contributed by atoms with Crippen LogP contribution in [0.2, 0.25) is 0 Å². The minimum absolute atomic E-state index is 0.117. The van der Waals surface area contributed by atoms with Gasteiger partial charge >= 0.3 is 0 Å². The van der Waals surface area contributed by atoms with Crippen LogP contribution in [0.3, 0.4) is 0 Å². The molecular weight excluding hydrogens is 436 g/mol. The third kappa shape index (κ3) is 4.95. The lowest BCUT2D eigenvalue weighted by molar-refractivity contribution is -0.265. The lowest BCUT2D eigenvalue weighted by Gasteiger charge is -2.46. The van der Waals surface area contributed by atoms with Gasteiger partial charge in [-0.15, -0.1) is 0 Å². The molecule has 1 aliphatic rings. The normalized spacial score (nSPS) is 27.6. The minimum Gasteiger partial charge on any atom is -0.504 e. The summed E-state index contributed by atoms with van der Waals surface area (Å²) in [6.07, 6.45) is -3.73. The first-order valence-corrected chi connectivity index (χ1v) is 10.2. The molecule has 2 aromatic carbocycles. The molecule has 1 fully saturated rings. The van der Waals surface area contributed by atoms with Crippen molar-refractivity contribution in [1.29, 1.82) is 0 Å². The number of hydrogen-bond acceptors (Lipinski definition) is 10. The zero-order valence-corrected chi connectivity index (χ0v) is 17.4. The standard InChI is InChI=1S/C23H26O10/c24-11-20-23(32,19(29)8-4-13-2-6-15(26)17(28)10-13)22(31)21(30)18(33-20)7-3-12-1-5-14(25)16(27)9-12/h1-2,4-6,8-10,18,20-22,24-28,30-32H,3,7,11H2/t18?,20-,21+,22-,23-/m1/s1. The van der Waals surface area contributed by atoms with Gasteiger partial charge in [0.25, 0.3) is 0 Å². The summed E-state index contributed by atoms with van der Waals surface area (Å²) in [5.41, 5.74) is -1.73. The summed E-state index contributed by atoms with van der Waals surface area (Å²) in [6.45, 7) is -0.823. The summed E-state index contributed by atoms with van der Waals surface area (Å²) in [6, 6.07) is 7.95. The van der Waals surface area contributed by atoms with E-state index in [4.69, 9.17) is 4.74 Å². The maximum absolute atomic E-state index is 12.8. The maximum Gasteiger partial charge on any atom is 0.192 e. The van der Waals surface area contributed by atoms with E-state index in [1.165, 1.54) is 36.4 Å². The van der Waals surface area contributed by atoms with E-state index in [1.807, 2.05) is 0 Å². The Kier molecular flexibility index (Phi) is 7.25. The quantitative estimate of drug-likeness (QED) is 0.204. The number of phenols is 4. The van der Waals surface area contributed by atoms with Crippen LogP contribution < -0.4 is 0 Å². The number of aliphatic hydroxyl groups is 4. The van der Waals surface area contributed by atoms with Gasteiger partial charge in [-0.25, -0.2) is 0 Å². The Labute approximate surface area is 188 Å². The number of aromatic hydroxyl groups is 4. The summed E-state index contributed by atoms with van der Waals surface area (Å²) in [5, 5.41) is 79.7. The molecule has 1 saturated heterocycles. The molecule has 1 aliphatic heterocycles. The van der Waals surface area contributed by atoms with Gasteiger partial charge in [-0.1, -0.05) is 18.2 Å². The second-order valence-corrected chi connectivity index (χ2v) is 7.91. The van der Waals surface area contributed by atoms with E-state index >= 15 is 0 Å². The van der Waals surface area contributed by atoms with E-state index in [2.05, 4.69) is 0 Å². The Morgan fingerprint density at radius 2 is 1.61 bits per heavy atom. The van der Waals surface area contributed by atoms with Crippen LogP contribution in [0.1, 0.15) is 17.5 Å². The van der Waals surface area contributed by atoms with Gasteiger partial charge in [-0.3, -0.25) is 4.79 Å². The van der Waals surface area contributed by atoms with Crippen LogP contribution >= 0.6 is 0 Å². The molecule has 0 aliphatic carbocycles. The van der Waals surface area contributed by atoms with Crippen molar-refractivity contribution in [2.45, 2.75) is 42.9 Å². The van der Waals surface area contributed by atoms with E-state index < -0.39 is 48.2 Å². The predicted octanol–water partition coefficient (Wildman–Crippen LogP) is -0.0633. The predicted molar refractivity (Wildman–Crippen MR) is 115 cm³/mol. The van der Waals surface area contributed by atoms with Crippen molar-refractivity contribution in [2.24, 2.45) is 0 Å². The van der Waals surface area contributed by atoms with Gasteiger partial charge in [-0.2, -0.15) is 0 Å². The number of ketones is 1. The lowest BCUT2D eigenvalue weighted by Crippen LogP contribution is -2.70. The number of benzene rings is 2. The van der Waals surface area contributed by atoms with E-state index in [0.29, 0.717) is 11.1 Å². The van der Waals surface area contributed by atoms with Crippen LogP contribution in [0.25, 0.3) is 6.08 Å². The first-order valence-electron chi connectivity index (χ1n) is 10.2. The number of hydrogen-bond donors (Lipinski definition) is 8. The van der Waals surface area contributed by atoms with Crippen molar-refractivity contribution >= 4 is 11.9 Å². The van der Waals surface area contributed by atoms with Crippen LogP contribution in [0.4, 0.5) is 0 Å². The monoisotopic (exact) mass is 462 g/mol. The molecule has 0 spiro atoms. The third-order valence-corrected chi connectivity index (χ3v) is 5.73. The molecular formula is C23H26O10. The molecule has 178 valence electrons. The highest BCUT2D eigenvalue weighted by Crippen LogP contribution is 2.34. The molecule has 0 saturated carbocycles. The number of phenolic OH excluding ortho intramolecular Hbond substituents is 4. The maximum atomic E-state index is 12.8. The Morgan fingerprint density at radius 1 is 0.970 bits per heavy atom. The zero-order valence-electron chi connectivity index (χ0n) is 17.4. The minimum atomic E-state index is -2.64. The van der Waals surface area contributed by atoms with Gasteiger partial charge < -0.3 is 45.6 Å². The third-order valence-electron chi connectivity index (χ3n) is 5.73. The largest absolute Gasteiger partial charge is 0.504 e. The van der Waals surface area contributed by atoms with Crippen LogP contribution in [-0.2, 0) is 16.0 Å². The second-order valence-electron chi connectivity index (χ2n) is 7.91. The lowest BCUT2D eigenvalue weighted by atomic mass is 9.78. The molecule has 10 nitrogen and oxygen atoms in total. The van der Waals surface area contributed by atoms with E-state index in [-0.39, 0.29) is 30.1 Å². The fourth-order valence-corrected chi connectivity index (χ4v) is 3.76. The fourth-order valence-electron chi connectivity index (χ4n) is 3.76. The SMILES string of the molecule is O=C(C=Cc1ccc(O)c(O)c1)[C@]1(O)[C@H](O)[C@@H](O)C(CCc2ccc(O)c(O)c2)O[C@@H]1CO. The zero-order chi connectivity index (χ0) is 24.3. The second kappa shape index (κ2) is 9.77. The molecule has 33 heavy (non-hydrogen) atoms. The number of carbonyl (C=O) groups is 1. The molecule has 0 amide bonds. The van der Waals surface area contributed by atoms with Crippen LogP contribution in [0, 0.1) is 0 Å². The van der Waals surface area contributed by atoms with Crippen LogP contribution in [-0.4, -0.2) is 83.3 Å². The van der Waals surface area contributed by atoms with Crippen molar-refractivity contribution in [2.75, 3.05) is 6.61 Å². The highest BCUT2D eigenvalue weighted by molar-refractivity contribution is 6.01. The molecule has 3 rings (SSSR count). The van der Waals surface area contributed by atoms with Gasteiger partial charge in [0.2, 0.25) is 0 Å². The van der Waals surface area contributed by atoms with Gasteiger partial charge in [0.15, 0.2) is 34.4 Å². The summed E-state index contributed by atoms with van der Waals surface area (Å²) in [4.78, 5) is 12.8. The summed E-state index contributed by atoms with van der Waals surface area (Å²) in [7, 11) is 0. The fraction of sp³-hybridized carbons (Fsp3) is 0.348. The Hall–Kier alpha value is -3.15. The summed E-state index contributed by atoms with van der Waals surface area (Å²) >= 11 is 0. The van der Waals surface area contributed by atoms with Crippen molar-refractivity contribution < 1.29 is 50.4 Å². The number of aryl methyl sites for hydroxylation is 1. The Morgan fingerprint density at radius 3 is 2.21 bits per heavy atom. The van der Waals surface area contributed by atoms with E-state index in [9.17, 15) is 45.6 Å². The molecule has 1 unspecified atom stereocenters. The average Bonchev–Trinajstić information content (AvgIpc) is 2.79. The summed E-state index contributed by atoms with van der Waals surface area (Å²) < 4.78 is 5.57. The molecule has 0 bridgehead atoms. The summed E-state index contributed by atoms with van der Waals surface area (Å²) in [5.74, 6) is -2.42. The van der Waals surface area contributed by atoms with Crippen molar-refractivity contribution in [1.82, 2.24) is 0 Å². The highest BCUT2D eigenvalue weighted by Gasteiger charge is 2.57. The molecule has 2 aromatic rings. The Balaban J connectivity index is 1.74. The number of ether oxygens (including phenoxy) is 1. The van der Waals surface area contributed by atoms with Gasteiger partial charge in [0.05, 0.1) is 12.7 Å². The van der Waals surface area contributed by atoms with Crippen molar-refractivity contribution in [3.8, 4) is 23.0 Å². The number of aliphatic hydroxyl groups excluding tert-OH is 3. The Bertz CT molecular complexity index is 1030. The number of carbonyl (C=O) groups excluding carboxylic acids is 1. The molecule has 5 atom stereocenters. The van der Waals surface area contributed by atoms with E-state index in [0.717, 1.165) is 6.08 Å². The smallest absolute Gasteiger partial charge is 0.192 e. The van der Waals surface area contributed by atoms with Gasteiger partial charge in [0.1, 0.15) is 18.3 Å². The molecule has 0 aromatic heterocycles. The van der Waals surface area contributed by atoms with Gasteiger partial charge in [0, 0.05) is 0 Å². The number of rotatable bonds is 7. The first kappa shape index (κ1) is 24.5.